The van der Waals surface area contributed by atoms with Crippen molar-refractivity contribution in [2.24, 2.45) is 58.0 Å². The second-order valence-electron chi connectivity index (χ2n) is 13.5. The van der Waals surface area contributed by atoms with Gasteiger partial charge in [-0.3, -0.25) is 14.4 Å². The van der Waals surface area contributed by atoms with E-state index in [9.17, 15) is 14.4 Å². The molecule has 4 aliphatic rings. The second-order valence-corrected chi connectivity index (χ2v) is 13.5. The summed E-state index contributed by atoms with van der Waals surface area (Å²) in [5, 5.41) is 0. The van der Waals surface area contributed by atoms with Crippen molar-refractivity contribution >= 4 is 17.5 Å². The van der Waals surface area contributed by atoms with Crippen LogP contribution < -0.4 is 5.73 Å². The van der Waals surface area contributed by atoms with Crippen molar-refractivity contribution in [3.05, 3.63) is 0 Å². The molecule has 198 valence electrons. The van der Waals surface area contributed by atoms with Gasteiger partial charge in [0.1, 0.15) is 17.7 Å². The van der Waals surface area contributed by atoms with E-state index in [2.05, 4.69) is 27.7 Å². The summed E-state index contributed by atoms with van der Waals surface area (Å²) in [5.74, 6) is 3.13. The van der Waals surface area contributed by atoms with E-state index in [0.29, 0.717) is 35.4 Å². The molecule has 4 rings (SSSR count). The molecule has 4 aliphatic carbocycles. The van der Waals surface area contributed by atoms with Gasteiger partial charge in [-0.05, 0) is 112 Å². The van der Waals surface area contributed by atoms with Crippen molar-refractivity contribution in [2.75, 3.05) is 6.54 Å². The van der Waals surface area contributed by atoms with Gasteiger partial charge in [0.25, 0.3) is 0 Å². The van der Waals surface area contributed by atoms with E-state index < -0.39 is 0 Å². The normalized spacial score (nSPS) is 41.5. The topological polar surface area (TPSA) is 86.5 Å². The van der Waals surface area contributed by atoms with Crippen molar-refractivity contribution in [3.63, 3.8) is 0 Å². The third-order valence-corrected chi connectivity index (χ3v) is 11.2. The van der Waals surface area contributed by atoms with E-state index >= 15 is 0 Å². The number of ether oxygens (including phenoxy) is 1. The van der Waals surface area contributed by atoms with Gasteiger partial charge in [0.15, 0.2) is 0 Å². The smallest absolute Gasteiger partial charge is 0.309 e. The van der Waals surface area contributed by atoms with Crippen LogP contribution in [0.5, 0.6) is 0 Å². The predicted molar refractivity (Wildman–Crippen MR) is 137 cm³/mol. The Morgan fingerprint density at radius 1 is 0.943 bits per heavy atom. The van der Waals surface area contributed by atoms with Crippen LogP contribution in [0.2, 0.25) is 0 Å². The van der Waals surface area contributed by atoms with Crippen molar-refractivity contribution in [1.82, 2.24) is 0 Å². The van der Waals surface area contributed by atoms with Gasteiger partial charge >= 0.3 is 5.97 Å². The minimum atomic E-state index is -0.372. The number of hydrogen-bond donors (Lipinski definition) is 1. The fourth-order valence-corrected chi connectivity index (χ4v) is 9.44. The van der Waals surface area contributed by atoms with Gasteiger partial charge in [-0.2, -0.15) is 0 Å². The highest BCUT2D eigenvalue weighted by atomic mass is 16.5. The van der Waals surface area contributed by atoms with Crippen molar-refractivity contribution in [2.45, 2.75) is 111 Å². The molecule has 0 aromatic carbocycles. The average Bonchev–Trinajstić information content (AvgIpc) is 3.16. The van der Waals surface area contributed by atoms with Crippen molar-refractivity contribution in [3.8, 4) is 0 Å². The van der Waals surface area contributed by atoms with Crippen LogP contribution in [0, 0.1) is 52.3 Å². The van der Waals surface area contributed by atoms with Crippen LogP contribution >= 0.6 is 0 Å². The second kappa shape index (κ2) is 10.3. The third-order valence-electron chi connectivity index (χ3n) is 11.2. The number of fused-ring (bicyclic) bond motifs is 5. The van der Waals surface area contributed by atoms with Crippen LogP contribution in [0.1, 0.15) is 105 Å². The van der Waals surface area contributed by atoms with Crippen LogP contribution in [0.4, 0.5) is 0 Å². The lowest BCUT2D eigenvalue weighted by Crippen LogP contribution is -2.54. The summed E-state index contributed by atoms with van der Waals surface area (Å²) >= 11 is 0. The monoisotopic (exact) mass is 487 g/mol. The largest absolute Gasteiger partial charge is 0.462 e. The molecule has 0 unspecified atom stereocenters. The molecular weight excluding hydrogens is 438 g/mol. The van der Waals surface area contributed by atoms with E-state index in [0.717, 1.165) is 37.5 Å². The first kappa shape index (κ1) is 26.8. The lowest BCUT2D eigenvalue weighted by molar-refractivity contribution is -0.168. The number of carbonyl (C=O) groups excluding carboxylic acids is 3. The summed E-state index contributed by atoms with van der Waals surface area (Å²) in [6, 6.07) is 0. The lowest BCUT2D eigenvalue weighted by Gasteiger charge is -2.61. The summed E-state index contributed by atoms with van der Waals surface area (Å²) < 4.78 is 6.09. The summed E-state index contributed by atoms with van der Waals surface area (Å²) in [7, 11) is 0. The minimum Gasteiger partial charge on any atom is -0.462 e. The first-order valence-electron chi connectivity index (χ1n) is 14.4. The molecule has 0 saturated heterocycles. The Balaban J connectivity index is 1.41. The molecule has 0 bridgehead atoms. The first-order chi connectivity index (χ1) is 16.5. The zero-order chi connectivity index (χ0) is 25.5. The van der Waals surface area contributed by atoms with Gasteiger partial charge in [-0.15, -0.1) is 0 Å². The molecule has 0 aromatic heterocycles. The minimum absolute atomic E-state index is 0.0124. The van der Waals surface area contributed by atoms with Crippen LogP contribution in [0.15, 0.2) is 0 Å². The quantitative estimate of drug-likeness (QED) is 0.442. The Bertz CT molecular complexity index is 823. The molecule has 0 spiro atoms. The molecule has 0 radical (unpaired) electrons. The standard InChI is InChI=1S/C30H49NO4/c1-18(2)14-20(15-22(33)17-31)28(34)35-23-10-12-29(4)21(16-23)6-7-24-26-9-8-25(19(3)32)30(26,5)13-11-27(24)29/h18,20-21,23-27H,6-17,31H2,1-5H3/t20-,21+,23-,24+,25-,26+,27+,29+,30-/m1/s1. The Morgan fingerprint density at radius 2 is 1.63 bits per heavy atom. The molecule has 35 heavy (non-hydrogen) atoms. The molecule has 9 atom stereocenters. The lowest BCUT2D eigenvalue weighted by atomic mass is 9.44. The Kier molecular flexibility index (Phi) is 7.87. The Hall–Kier alpha value is -1.23. The fourth-order valence-electron chi connectivity index (χ4n) is 9.44. The van der Waals surface area contributed by atoms with E-state index in [1.807, 2.05) is 6.92 Å². The predicted octanol–water partition coefficient (Wildman–Crippen LogP) is 5.73. The summed E-state index contributed by atoms with van der Waals surface area (Å²) in [6.07, 6.45) is 11.1. The zero-order valence-electron chi connectivity index (χ0n) is 22.8. The highest BCUT2D eigenvalue weighted by Gasteiger charge is 2.61. The van der Waals surface area contributed by atoms with Gasteiger partial charge in [-0.1, -0.05) is 27.7 Å². The number of hydrogen-bond acceptors (Lipinski definition) is 5. The van der Waals surface area contributed by atoms with Crippen LogP contribution in [-0.2, 0) is 19.1 Å². The molecule has 4 fully saturated rings. The van der Waals surface area contributed by atoms with Gasteiger partial charge in [0.05, 0.1) is 12.5 Å². The van der Waals surface area contributed by atoms with Gasteiger partial charge < -0.3 is 10.5 Å². The summed E-state index contributed by atoms with van der Waals surface area (Å²) in [4.78, 5) is 37.4. The summed E-state index contributed by atoms with van der Waals surface area (Å²) in [5.41, 5.74) is 6.04. The molecule has 0 heterocycles. The molecule has 0 aromatic rings. The highest BCUT2D eigenvalue weighted by molar-refractivity contribution is 5.85. The Labute approximate surface area is 212 Å². The van der Waals surface area contributed by atoms with E-state index in [4.69, 9.17) is 10.5 Å². The highest BCUT2D eigenvalue weighted by Crippen LogP contribution is 2.67. The number of ketones is 2. The Morgan fingerprint density at radius 3 is 2.29 bits per heavy atom. The fraction of sp³-hybridized carbons (Fsp3) is 0.900. The number of esters is 1. The van der Waals surface area contributed by atoms with E-state index in [-0.39, 0.29) is 48.1 Å². The number of rotatable bonds is 8. The maximum atomic E-state index is 13.1. The van der Waals surface area contributed by atoms with E-state index in [1.54, 1.807) is 0 Å². The zero-order valence-corrected chi connectivity index (χ0v) is 22.8. The molecule has 2 N–H and O–H groups in total. The SMILES string of the molecule is CC(=O)[C@H]1CC[C@H]2[C@@H]3CC[C@H]4C[C@H](OC(=O)[C@@H](CC(=O)CN)CC(C)C)CC[C@]4(C)[C@H]3CC[C@]12C. The van der Waals surface area contributed by atoms with Crippen molar-refractivity contribution in [1.29, 1.82) is 0 Å². The average molecular weight is 488 g/mol. The molecule has 4 saturated carbocycles. The molecule has 5 nitrogen and oxygen atoms in total. The van der Waals surface area contributed by atoms with Gasteiger partial charge in [0.2, 0.25) is 0 Å². The number of nitrogens with two attached hydrogens (primary N) is 1. The number of carbonyl (C=O) groups is 3. The first-order valence-corrected chi connectivity index (χ1v) is 14.4. The molecular formula is C30H49NO4. The maximum Gasteiger partial charge on any atom is 0.309 e. The third kappa shape index (κ3) is 5.00. The molecule has 0 amide bonds. The van der Waals surface area contributed by atoms with Crippen LogP contribution in [-0.4, -0.2) is 30.2 Å². The van der Waals surface area contributed by atoms with E-state index in [1.165, 1.54) is 32.1 Å². The maximum absolute atomic E-state index is 13.1. The van der Waals surface area contributed by atoms with Crippen LogP contribution in [0.25, 0.3) is 0 Å². The van der Waals surface area contributed by atoms with Crippen molar-refractivity contribution < 1.29 is 19.1 Å². The number of Topliss-reactive ketones (excluding diaryl/α,β-unsaturated/α-hetero) is 2. The molecule has 0 aliphatic heterocycles. The van der Waals surface area contributed by atoms with Gasteiger partial charge in [-0.25, -0.2) is 0 Å². The molecule has 5 heteroatoms. The summed E-state index contributed by atoms with van der Waals surface area (Å²) in [6.45, 7) is 10.9. The van der Waals surface area contributed by atoms with Crippen LogP contribution in [0.3, 0.4) is 0 Å². The van der Waals surface area contributed by atoms with Gasteiger partial charge in [0, 0.05) is 12.3 Å².